The van der Waals surface area contributed by atoms with Crippen molar-refractivity contribution >= 4 is 56.2 Å². The van der Waals surface area contributed by atoms with Gasteiger partial charge in [0.05, 0.1) is 17.8 Å². The van der Waals surface area contributed by atoms with Crippen molar-refractivity contribution in [3.63, 3.8) is 0 Å². The van der Waals surface area contributed by atoms with Gasteiger partial charge in [0.2, 0.25) is 11.8 Å². The Kier molecular flexibility index (Phi) is 15.1. The maximum absolute atomic E-state index is 12.4. The molecule has 0 bridgehead atoms. The van der Waals surface area contributed by atoms with Crippen LogP contribution in [-0.2, 0) is 16.6 Å². The zero-order valence-corrected chi connectivity index (χ0v) is 34.0. The van der Waals surface area contributed by atoms with E-state index in [-0.39, 0.29) is 23.3 Å². The zero-order valence-electron chi connectivity index (χ0n) is 32.4. The molecule has 8 rings (SSSR count). The van der Waals surface area contributed by atoms with Crippen LogP contribution in [0.5, 0.6) is 0 Å². The van der Waals surface area contributed by atoms with Gasteiger partial charge >= 0.3 is 0 Å². The third kappa shape index (κ3) is 11.5. The molecule has 4 saturated heterocycles. The predicted octanol–water partition coefficient (Wildman–Crippen LogP) is 5.79. The lowest BCUT2D eigenvalue weighted by atomic mass is 9.71. The number of hydrogen-bond acceptors (Lipinski definition) is 10. The number of amides is 2. The SMILES string of the molecule is CN1CCC2(CC1)CCN(c1ccc3c(C4CCC(=O)NC4=O)cncc3c1)CC2.CN1CCCCC1.Cn1ncc(N)c(Br)c1=O.O=Cc1ccccc1. The molecule has 2 aromatic carbocycles. The Morgan fingerprint density at radius 3 is 2.07 bits per heavy atom. The van der Waals surface area contributed by atoms with E-state index in [4.69, 9.17) is 5.73 Å². The lowest BCUT2D eigenvalue weighted by Gasteiger charge is -2.47. The van der Waals surface area contributed by atoms with Crippen LogP contribution in [0.15, 0.2) is 76.4 Å². The number of nitrogens with two attached hydrogens (primary N) is 1. The number of nitrogens with zero attached hydrogens (tertiary/aromatic N) is 6. The molecule has 4 fully saturated rings. The number of fused-ring (bicyclic) bond motifs is 1. The number of likely N-dealkylation sites (tertiary alicyclic amines) is 2. The maximum Gasteiger partial charge on any atom is 0.282 e. The summed E-state index contributed by atoms with van der Waals surface area (Å²) in [5.41, 5.74) is 8.95. The predicted molar refractivity (Wildman–Crippen MR) is 222 cm³/mol. The van der Waals surface area contributed by atoms with E-state index in [2.05, 4.69) is 78.3 Å². The number of piperidine rings is 4. The van der Waals surface area contributed by atoms with Crippen molar-refractivity contribution in [2.75, 3.05) is 64.0 Å². The van der Waals surface area contributed by atoms with Gasteiger partial charge in [-0.05, 0) is 130 Å². The standard InChI is InChI=1S/C24H30N4O2.C7H6O.C6H13N.C5H6BrN3O/c1-27-10-6-24(7-11-27)8-12-28(13-9-24)18-2-3-19-17(14-18)15-25-16-21(19)20-4-5-22(29)26-23(20)30;8-6-7-4-2-1-3-5-7;1-7-5-3-2-4-6-7;1-9-5(10)4(6)3(7)2-8-9/h2-3,14-16,20H,4-13H2,1H3,(H,26,29,30);1-6H;2-6H2,1H3;2H,7H2,1H3. The number of rotatable bonds is 3. The topological polar surface area (TPSA) is 147 Å². The van der Waals surface area contributed by atoms with E-state index < -0.39 is 0 Å². The zero-order chi connectivity index (χ0) is 39.4. The van der Waals surface area contributed by atoms with E-state index >= 15 is 0 Å². The van der Waals surface area contributed by atoms with Crippen LogP contribution in [0.2, 0.25) is 0 Å². The summed E-state index contributed by atoms with van der Waals surface area (Å²) >= 11 is 3.03. The van der Waals surface area contributed by atoms with E-state index in [0.29, 0.717) is 28.4 Å². The summed E-state index contributed by atoms with van der Waals surface area (Å²) in [7, 11) is 5.99. The first kappa shape index (κ1) is 41.7. The molecule has 1 unspecified atom stereocenters. The fourth-order valence-corrected chi connectivity index (χ4v) is 7.95. The Balaban J connectivity index is 0.000000187. The smallest absolute Gasteiger partial charge is 0.282 e. The summed E-state index contributed by atoms with van der Waals surface area (Å²) < 4.78 is 1.57. The quantitative estimate of drug-likeness (QED) is 0.193. The van der Waals surface area contributed by atoms with E-state index in [0.717, 1.165) is 41.3 Å². The van der Waals surface area contributed by atoms with E-state index in [1.165, 1.54) is 87.7 Å². The van der Waals surface area contributed by atoms with Gasteiger partial charge in [0.15, 0.2) is 0 Å². The summed E-state index contributed by atoms with van der Waals surface area (Å²) in [5.74, 6) is -0.688. The van der Waals surface area contributed by atoms with Gasteiger partial charge < -0.3 is 20.4 Å². The van der Waals surface area contributed by atoms with Crippen LogP contribution >= 0.6 is 15.9 Å². The number of hydrogen-bond donors (Lipinski definition) is 2. The number of nitrogen functional groups attached to an aromatic ring is 1. The van der Waals surface area contributed by atoms with Gasteiger partial charge in [-0.15, -0.1) is 0 Å². The minimum atomic E-state index is -0.302. The fraction of sp³-hybridized carbons (Fsp3) is 0.476. The molecule has 0 saturated carbocycles. The molecule has 55 heavy (non-hydrogen) atoms. The molecule has 294 valence electrons. The normalized spacial score (nSPS) is 19.9. The number of aldehydes is 1. The van der Waals surface area contributed by atoms with Gasteiger partial charge in [-0.1, -0.05) is 42.8 Å². The number of imide groups is 1. The molecule has 4 aliphatic rings. The third-order valence-electron chi connectivity index (χ3n) is 11.2. The molecule has 1 atom stereocenters. The summed E-state index contributed by atoms with van der Waals surface area (Å²) in [6.45, 7) is 7.31. The lowest BCUT2D eigenvalue weighted by Crippen LogP contribution is -2.46. The van der Waals surface area contributed by atoms with Gasteiger partial charge in [0, 0.05) is 55.6 Å². The van der Waals surface area contributed by atoms with Crippen LogP contribution in [0.25, 0.3) is 10.8 Å². The molecule has 4 aliphatic heterocycles. The Bertz CT molecular complexity index is 1950. The van der Waals surface area contributed by atoms with Gasteiger partial charge in [0.1, 0.15) is 10.8 Å². The number of aromatic nitrogens is 3. The first-order valence-corrected chi connectivity index (χ1v) is 20.1. The van der Waals surface area contributed by atoms with Crippen LogP contribution in [0.4, 0.5) is 11.4 Å². The van der Waals surface area contributed by atoms with E-state index in [1.807, 2.05) is 24.4 Å². The number of aryl methyl sites for hydroxylation is 1. The molecule has 2 aromatic heterocycles. The Labute approximate surface area is 332 Å². The third-order valence-corrected chi connectivity index (χ3v) is 12.0. The highest BCUT2D eigenvalue weighted by Gasteiger charge is 2.37. The van der Waals surface area contributed by atoms with Gasteiger partial charge in [-0.2, -0.15) is 5.10 Å². The van der Waals surface area contributed by atoms with E-state index in [1.54, 1.807) is 25.4 Å². The second-order valence-corrected chi connectivity index (χ2v) is 16.0. The van der Waals surface area contributed by atoms with Crippen molar-refractivity contribution in [3.05, 3.63) is 93.1 Å². The number of nitrogens with one attached hydrogen (secondary N) is 1. The summed E-state index contributed by atoms with van der Waals surface area (Å²) in [6, 6.07) is 15.6. The van der Waals surface area contributed by atoms with Crippen LogP contribution in [0, 0.1) is 5.41 Å². The minimum Gasteiger partial charge on any atom is -0.396 e. The number of pyridine rings is 1. The maximum atomic E-state index is 12.4. The molecule has 4 aromatic rings. The largest absolute Gasteiger partial charge is 0.396 e. The number of anilines is 2. The summed E-state index contributed by atoms with van der Waals surface area (Å²) in [5, 5.41) is 8.28. The molecule has 12 nitrogen and oxygen atoms in total. The highest BCUT2D eigenvalue weighted by Crippen LogP contribution is 2.42. The molecule has 3 N–H and O–H groups in total. The summed E-state index contributed by atoms with van der Waals surface area (Å²) in [6.07, 6.45) is 16.3. The van der Waals surface area contributed by atoms with Crippen LogP contribution < -0.4 is 21.5 Å². The van der Waals surface area contributed by atoms with Crippen molar-refractivity contribution in [3.8, 4) is 0 Å². The molecular formula is C42H55BrN8O4. The highest BCUT2D eigenvalue weighted by molar-refractivity contribution is 9.10. The lowest BCUT2D eigenvalue weighted by molar-refractivity contribution is -0.134. The minimum absolute atomic E-state index is 0.181. The molecule has 13 heteroatoms. The number of halogens is 1. The van der Waals surface area contributed by atoms with Crippen molar-refractivity contribution in [2.45, 2.75) is 63.7 Å². The Morgan fingerprint density at radius 2 is 1.49 bits per heavy atom. The number of carbonyl (C=O) groups is 3. The molecule has 1 spiro atoms. The molecular weight excluding hydrogens is 760 g/mol. The second-order valence-electron chi connectivity index (χ2n) is 15.2. The molecule has 0 radical (unpaired) electrons. The first-order chi connectivity index (χ1) is 26.5. The van der Waals surface area contributed by atoms with Crippen molar-refractivity contribution in [2.24, 2.45) is 12.5 Å². The average molecular weight is 816 g/mol. The Hall–Kier alpha value is -4.46. The van der Waals surface area contributed by atoms with Crippen molar-refractivity contribution in [1.82, 2.24) is 29.9 Å². The number of carbonyl (C=O) groups excluding carboxylic acids is 3. The van der Waals surface area contributed by atoms with Gasteiger partial charge in [-0.3, -0.25) is 29.5 Å². The number of benzene rings is 2. The summed E-state index contributed by atoms with van der Waals surface area (Å²) in [4.78, 5) is 56.6. The first-order valence-electron chi connectivity index (χ1n) is 19.3. The fourth-order valence-electron chi connectivity index (χ4n) is 7.59. The van der Waals surface area contributed by atoms with Crippen LogP contribution in [0.3, 0.4) is 0 Å². The van der Waals surface area contributed by atoms with Gasteiger partial charge in [0.25, 0.3) is 5.56 Å². The van der Waals surface area contributed by atoms with Crippen molar-refractivity contribution in [1.29, 1.82) is 0 Å². The molecule has 2 amide bonds. The monoisotopic (exact) mass is 814 g/mol. The molecule has 0 aliphatic carbocycles. The second kappa shape index (κ2) is 19.9. The average Bonchev–Trinajstić information content (AvgIpc) is 3.21. The van der Waals surface area contributed by atoms with Crippen LogP contribution in [-0.4, -0.2) is 96.0 Å². The van der Waals surface area contributed by atoms with Crippen molar-refractivity contribution < 1.29 is 14.4 Å². The van der Waals surface area contributed by atoms with Gasteiger partial charge in [-0.25, -0.2) is 4.68 Å². The highest BCUT2D eigenvalue weighted by atomic mass is 79.9. The van der Waals surface area contributed by atoms with Crippen LogP contribution in [0.1, 0.15) is 79.6 Å². The Morgan fingerprint density at radius 1 is 0.836 bits per heavy atom. The van der Waals surface area contributed by atoms with E-state index in [9.17, 15) is 19.2 Å². The molecule has 6 heterocycles.